The van der Waals surface area contributed by atoms with E-state index in [0.29, 0.717) is 6.67 Å². The summed E-state index contributed by atoms with van der Waals surface area (Å²) < 4.78 is 0. The van der Waals surface area contributed by atoms with Gasteiger partial charge in [0.2, 0.25) is 0 Å². The number of benzene rings is 1. The van der Waals surface area contributed by atoms with Crippen LogP contribution in [0, 0.1) is 0 Å². The maximum Gasteiger partial charge on any atom is 0.169 e. The molecule has 1 aliphatic rings. The number of β-amino-alcohol motifs (C(OH)–C–C–N with tert-alkyl or cyclic N) is 2. The van der Waals surface area contributed by atoms with Crippen molar-refractivity contribution in [2.75, 3.05) is 23.4 Å². The monoisotopic (exact) mass is 180 g/mol. The molecule has 0 fully saturated rings. The van der Waals surface area contributed by atoms with Gasteiger partial charge >= 0.3 is 0 Å². The van der Waals surface area contributed by atoms with Crippen molar-refractivity contribution in [2.45, 2.75) is 6.29 Å². The Balaban J connectivity index is 2.18. The van der Waals surface area contributed by atoms with Gasteiger partial charge in [-0.25, -0.2) is 0 Å². The molecule has 1 aliphatic heterocycles. The molecule has 1 heterocycles. The zero-order valence-electron chi connectivity index (χ0n) is 7.14. The molecule has 3 N–H and O–H groups in total. The van der Waals surface area contributed by atoms with Gasteiger partial charge in [0, 0.05) is 0 Å². The molecule has 70 valence electrons. The van der Waals surface area contributed by atoms with Crippen LogP contribution < -0.4 is 10.2 Å². The third-order valence-corrected chi connectivity index (χ3v) is 2.09. The van der Waals surface area contributed by atoms with Crippen LogP contribution in [0.1, 0.15) is 0 Å². The molecule has 1 aromatic carbocycles. The predicted molar refractivity (Wildman–Crippen MR) is 50.5 cm³/mol. The van der Waals surface area contributed by atoms with Crippen molar-refractivity contribution in [1.29, 1.82) is 0 Å². The van der Waals surface area contributed by atoms with Crippen molar-refractivity contribution in [1.82, 2.24) is 0 Å². The van der Waals surface area contributed by atoms with Crippen LogP contribution in [0.15, 0.2) is 24.3 Å². The number of rotatable bonds is 2. The topological polar surface area (TPSA) is 55.7 Å². The Hall–Kier alpha value is -1.26. The Morgan fingerprint density at radius 1 is 1.38 bits per heavy atom. The fraction of sp³-hybridized carbons (Fsp3) is 0.333. The van der Waals surface area contributed by atoms with Gasteiger partial charge in [0.25, 0.3) is 0 Å². The molecule has 4 nitrogen and oxygen atoms in total. The predicted octanol–water partition coefficient (Wildman–Crippen LogP) is 0.187. The van der Waals surface area contributed by atoms with Crippen LogP contribution in [0.3, 0.4) is 0 Å². The van der Waals surface area contributed by atoms with Crippen LogP contribution in [0.25, 0.3) is 0 Å². The highest BCUT2D eigenvalue weighted by Crippen LogP contribution is 2.30. The van der Waals surface area contributed by atoms with Gasteiger partial charge in [-0.15, -0.1) is 0 Å². The van der Waals surface area contributed by atoms with E-state index in [0.717, 1.165) is 11.4 Å². The first-order valence-corrected chi connectivity index (χ1v) is 4.21. The molecule has 0 bridgehead atoms. The summed E-state index contributed by atoms with van der Waals surface area (Å²) in [5.41, 5.74) is 2.07. The van der Waals surface area contributed by atoms with Gasteiger partial charge in [-0.2, -0.15) is 0 Å². The number of para-hydroxylation sites is 2. The van der Waals surface area contributed by atoms with E-state index < -0.39 is 6.29 Å². The highest BCUT2D eigenvalue weighted by molar-refractivity contribution is 5.74. The van der Waals surface area contributed by atoms with Gasteiger partial charge in [-0.3, -0.25) is 0 Å². The number of hydrogen-bond acceptors (Lipinski definition) is 4. The fourth-order valence-electron chi connectivity index (χ4n) is 1.52. The van der Waals surface area contributed by atoms with Crippen molar-refractivity contribution in [3.05, 3.63) is 24.3 Å². The van der Waals surface area contributed by atoms with E-state index in [2.05, 4.69) is 5.32 Å². The van der Waals surface area contributed by atoms with Crippen LogP contribution in [0.4, 0.5) is 11.4 Å². The quantitative estimate of drug-likeness (QED) is 0.568. The molecular formula is C9H12N2O2. The summed E-state index contributed by atoms with van der Waals surface area (Å²) in [6.07, 6.45) is -1.28. The second-order valence-corrected chi connectivity index (χ2v) is 3.06. The van der Waals surface area contributed by atoms with Gasteiger partial charge in [-0.05, 0) is 12.1 Å². The second-order valence-electron chi connectivity index (χ2n) is 3.06. The lowest BCUT2D eigenvalue weighted by atomic mass is 10.2. The SMILES string of the molecule is OC(O)CN1CNc2ccccc21. The van der Waals surface area contributed by atoms with Gasteiger partial charge in [0.05, 0.1) is 24.6 Å². The second kappa shape index (κ2) is 3.24. The number of aliphatic hydroxyl groups excluding tert-OH is 1. The van der Waals surface area contributed by atoms with E-state index in [-0.39, 0.29) is 6.54 Å². The summed E-state index contributed by atoms with van der Waals surface area (Å²) in [5.74, 6) is 0. The third kappa shape index (κ3) is 1.59. The molecule has 0 aliphatic carbocycles. The van der Waals surface area contributed by atoms with E-state index in [4.69, 9.17) is 10.2 Å². The van der Waals surface area contributed by atoms with Crippen LogP contribution in [-0.2, 0) is 0 Å². The fourth-order valence-corrected chi connectivity index (χ4v) is 1.52. The number of anilines is 2. The largest absolute Gasteiger partial charge is 0.367 e. The molecule has 0 aromatic heterocycles. The smallest absolute Gasteiger partial charge is 0.169 e. The summed E-state index contributed by atoms with van der Waals surface area (Å²) in [5, 5.41) is 20.8. The summed E-state index contributed by atoms with van der Waals surface area (Å²) in [7, 11) is 0. The summed E-state index contributed by atoms with van der Waals surface area (Å²) in [6, 6.07) is 7.81. The first-order valence-electron chi connectivity index (χ1n) is 4.21. The number of nitrogens with zero attached hydrogens (tertiary/aromatic N) is 1. The molecule has 1 aromatic rings. The Morgan fingerprint density at radius 3 is 2.92 bits per heavy atom. The molecule has 0 saturated heterocycles. The minimum Gasteiger partial charge on any atom is -0.367 e. The van der Waals surface area contributed by atoms with Crippen molar-refractivity contribution in [3.8, 4) is 0 Å². The van der Waals surface area contributed by atoms with E-state index >= 15 is 0 Å². The third-order valence-electron chi connectivity index (χ3n) is 2.09. The van der Waals surface area contributed by atoms with Crippen LogP contribution in [-0.4, -0.2) is 29.7 Å². The lowest BCUT2D eigenvalue weighted by Gasteiger charge is -2.18. The van der Waals surface area contributed by atoms with E-state index in [1.807, 2.05) is 29.2 Å². The Kier molecular flexibility index (Phi) is 2.08. The molecule has 0 spiro atoms. The number of aliphatic hydroxyl groups is 2. The minimum absolute atomic E-state index is 0.240. The van der Waals surface area contributed by atoms with Crippen LogP contribution in [0.2, 0.25) is 0 Å². The molecular weight excluding hydrogens is 168 g/mol. The number of nitrogens with one attached hydrogen (secondary N) is 1. The van der Waals surface area contributed by atoms with Gasteiger partial charge < -0.3 is 20.4 Å². The lowest BCUT2D eigenvalue weighted by molar-refractivity contribution is -0.0318. The zero-order valence-corrected chi connectivity index (χ0v) is 7.14. The molecule has 0 atom stereocenters. The summed E-state index contributed by atoms with van der Waals surface area (Å²) in [4.78, 5) is 1.89. The maximum absolute atomic E-state index is 8.82. The van der Waals surface area contributed by atoms with Gasteiger partial charge in [-0.1, -0.05) is 12.1 Å². The molecule has 13 heavy (non-hydrogen) atoms. The van der Waals surface area contributed by atoms with E-state index in [1.165, 1.54) is 0 Å². The molecule has 2 rings (SSSR count). The van der Waals surface area contributed by atoms with Crippen LogP contribution in [0.5, 0.6) is 0 Å². The highest BCUT2D eigenvalue weighted by Gasteiger charge is 2.18. The average Bonchev–Trinajstić information content (AvgIpc) is 2.48. The average molecular weight is 180 g/mol. The van der Waals surface area contributed by atoms with Crippen molar-refractivity contribution >= 4 is 11.4 Å². The van der Waals surface area contributed by atoms with Crippen LogP contribution >= 0.6 is 0 Å². The molecule has 4 heteroatoms. The number of hydrogen-bond donors (Lipinski definition) is 3. The van der Waals surface area contributed by atoms with Gasteiger partial charge in [0.15, 0.2) is 6.29 Å². The van der Waals surface area contributed by atoms with Crippen molar-refractivity contribution < 1.29 is 10.2 Å². The van der Waals surface area contributed by atoms with Crippen molar-refractivity contribution in [2.24, 2.45) is 0 Å². The number of fused-ring (bicyclic) bond motifs is 1. The molecule has 0 amide bonds. The molecule has 0 saturated carbocycles. The molecule has 0 unspecified atom stereocenters. The van der Waals surface area contributed by atoms with E-state index in [9.17, 15) is 0 Å². The first kappa shape index (κ1) is 8.34. The Bertz CT molecular complexity index is 301. The maximum atomic E-state index is 8.82. The normalized spacial score (nSPS) is 14.5. The molecule has 0 radical (unpaired) electrons. The van der Waals surface area contributed by atoms with Gasteiger partial charge in [0.1, 0.15) is 0 Å². The zero-order chi connectivity index (χ0) is 9.26. The highest BCUT2D eigenvalue weighted by atomic mass is 16.5. The Morgan fingerprint density at radius 2 is 2.15 bits per heavy atom. The first-order chi connectivity index (χ1) is 6.27. The minimum atomic E-state index is -1.28. The summed E-state index contributed by atoms with van der Waals surface area (Å²) in [6.45, 7) is 0.876. The summed E-state index contributed by atoms with van der Waals surface area (Å²) >= 11 is 0. The van der Waals surface area contributed by atoms with E-state index in [1.54, 1.807) is 0 Å². The van der Waals surface area contributed by atoms with Crippen molar-refractivity contribution in [3.63, 3.8) is 0 Å². The Labute approximate surface area is 76.4 Å². The lowest BCUT2D eigenvalue weighted by Crippen LogP contribution is -2.31. The standard InChI is InChI=1S/C9H12N2O2/c12-9(13)5-11-6-10-7-3-1-2-4-8(7)11/h1-4,9-10,12-13H,5-6H2.